The Balaban J connectivity index is 2.10. The lowest BCUT2D eigenvalue weighted by Gasteiger charge is -2.09. The van der Waals surface area contributed by atoms with Gasteiger partial charge in [-0.25, -0.2) is 4.39 Å². The zero-order valence-electron chi connectivity index (χ0n) is 12.0. The summed E-state index contributed by atoms with van der Waals surface area (Å²) in [6.45, 7) is 6.64. The lowest BCUT2D eigenvalue weighted by Crippen LogP contribution is -2.08. The molecular weight excluding hydrogens is 289 g/mol. The van der Waals surface area contributed by atoms with Gasteiger partial charge in [-0.1, -0.05) is 36.9 Å². The number of ether oxygens (including phenoxy) is 1. The minimum absolute atomic E-state index is 0.175. The van der Waals surface area contributed by atoms with Crippen molar-refractivity contribution in [2.24, 2.45) is 0 Å². The van der Waals surface area contributed by atoms with Crippen molar-refractivity contribution in [3.63, 3.8) is 0 Å². The van der Waals surface area contributed by atoms with Crippen LogP contribution in [-0.2, 0) is 13.2 Å². The monoisotopic (exact) mass is 307 g/mol. The fourth-order valence-corrected chi connectivity index (χ4v) is 2.56. The summed E-state index contributed by atoms with van der Waals surface area (Å²) in [5.41, 5.74) is 0. The molecule has 112 valence electrons. The van der Waals surface area contributed by atoms with E-state index in [1.807, 2.05) is 4.57 Å². The summed E-state index contributed by atoms with van der Waals surface area (Å²) in [5.74, 6) is 1.47. The van der Waals surface area contributed by atoms with E-state index in [4.69, 9.17) is 4.74 Å². The molecule has 0 amide bonds. The van der Waals surface area contributed by atoms with Crippen LogP contribution in [0.1, 0.15) is 19.2 Å². The quantitative estimate of drug-likeness (QED) is 0.551. The molecule has 6 heteroatoms. The Morgan fingerprint density at radius 3 is 2.90 bits per heavy atom. The van der Waals surface area contributed by atoms with E-state index in [0.717, 1.165) is 17.3 Å². The van der Waals surface area contributed by atoms with Crippen molar-refractivity contribution in [3.8, 4) is 5.75 Å². The molecule has 4 nitrogen and oxygen atoms in total. The minimum Gasteiger partial charge on any atom is -0.483 e. The molecule has 0 radical (unpaired) electrons. The maximum atomic E-state index is 13.5. The number of hydrogen-bond acceptors (Lipinski definition) is 4. The second-order valence-electron chi connectivity index (χ2n) is 4.37. The number of thioether (sulfide) groups is 1. The summed E-state index contributed by atoms with van der Waals surface area (Å²) in [5, 5.41) is 9.13. The predicted molar refractivity (Wildman–Crippen MR) is 82.0 cm³/mol. The van der Waals surface area contributed by atoms with Gasteiger partial charge in [0.1, 0.15) is 6.61 Å². The molecule has 21 heavy (non-hydrogen) atoms. The van der Waals surface area contributed by atoms with Gasteiger partial charge in [0.05, 0.1) is 0 Å². The summed E-state index contributed by atoms with van der Waals surface area (Å²) in [7, 11) is 0. The highest BCUT2D eigenvalue weighted by molar-refractivity contribution is 7.99. The Morgan fingerprint density at radius 1 is 1.38 bits per heavy atom. The van der Waals surface area contributed by atoms with E-state index in [1.165, 1.54) is 6.07 Å². The van der Waals surface area contributed by atoms with Crippen molar-refractivity contribution < 1.29 is 9.13 Å². The first-order valence-electron chi connectivity index (χ1n) is 6.79. The normalized spacial score (nSPS) is 10.6. The van der Waals surface area contributed by atoms with Crippen molar-refractivity contribution in [3.05, 3.63) is 48.6 Å². The second-order valence-corrected chi connectivity index (χ2v) is 5.43. The first-order chi connectivity index (χ1) is 10.3. The summed E-state index contributed by atoms with van der Waals surface area (Å²) in [6, 6.07) is 6.32. The molecule has 0 saturated heterocycles. The Morgan fingerprint density at radius 2 is 2.19 bits per heavy atom. The molecule has 0 aliphatic carbocycles. The lowest BCUT2D eigenvalue weighted by atomic mass is 10.3. The molecule has 0 bridgehead atoms. The van der Waals surface area contributed by atoms with Crippen LogP contribution in [0.25, 0.3) is 0 Å². The average Bonchev–Trinajstić information content (AvgIpc) is 2.87. The summed E-state index contributed by atoms with van der Waals surface area (Å²) in [6.07, 6.45) is 2.85. The van der Waals surface area contributed by atoms with E-state index in [1.54, 1.807) is 36.0 Å². The van der Waals surface area contributed by atoms with Crippen LogP contribution in [0.4, 0.5) is 4.39 Å². The topological polar surface area (TPSA) is 39.9 Å². The Bertz CT molecular complexity index is 600. The van der Waals surface area contributed by atoms with E-state index in [9.17, 15) is 4.39 Å². The standard InChI is InChI=1S/C15H18FN3OS/c1-3-9-19-14(17-18-15(19)21-10-4-2)11-20-13-8-6-5-7-12(13)16/h3,5-8H,1,4,9-11H2,2H3. The molecule has 1 heterocycles. The summed E-state index contributed by atoms with van der Waals surface area (Å²) >= 11 is 1.64. The van der Waals surface area contributed by atoms with Crippen molar-refractivity contribution in [2.45, 2.75) is 31.7 Å². The van der Waals surface area contributed by atoms with Crippen LogP contribution in [0.15, 0.2) is 42.1 Å². The molecule has 0 spiro atoms. The Hall–Kier alpha value is -1.82. The molecule has 2 aromatic rings. The third-order valence-corrected chi connectivity index (χ3v) is 3.91. The third-order valence-electron chi connectivity index (χ3n) is 2.73. The fraction of sp³-hybridized carbons (Fsp3) is 0.333. The SMILES string of the molecule is C=CCn1c(COc2ccccc2F)nnc1SCCC. The third kappa shape index (κ3) is 4.07. The fourth-order valence-electron chi connectivity index (χ4n) is 1.74. The highest BCUT2D eigenvalue weighted by atomic mass is 32.2. The van der Waals surface area contributed by atoms with Crippen molar-refractivity contribution >= 4 is 11.8 Å². The van der Waals surface area contributed by atoms with Crippen molar-refractivity contribution in [2.75, 3.05) is 5.75 Å². The smallest absolute Gasteiger partial charge is 0.191 e. The van der Waals surface area contributed by atoms with Crippen LogP contribution in [0.3, 0.4) is 0 Å². The molecule has 1 aromatic carbocycles. The van der Waals surface area contributed by atoms with Gasteiger partial charge in [-0.2, -0.15) is 0 Å². The van der Waals surface area contributed by atoms with Crippen LogP contribution in [0.5, 0.6) is 5.75 Å². The van der Waals surface area contributed by atoms with Crippen molar-refractivity contribution in [1.82, 2.24) is 14.8 Å². The van der Waals surface area contributed by atoms with Gasteiger partial charge < -0.3 is 4.74 Å². The molecule has 0 saturated carbocycles. The molecule has 0 N–H and O–H groups in total. The molecule has 0 unspecified atom stereocenters. The maximum Gasteiger partial charge on any atom is 0.191 e. The van der Waals surface area contributed by atoms with Gasteiger partial charge in [0.2, 0.25) is 0 Å². The highest BCUT2D eigenvalue weighted by Gasteiger charge is 2.12. The molecule has 0 aliphatic rings. The number of rotatable bonds is 8. The van der Waals surface area contributed by atoms with Crippen LogP contribution >= 0.6 is 11.8 Å². The zero-order valence-corrected chi connectivity index (χ0v) is 12.8. The maximum absolute atomic E-state index is 13.5. The summed E-state index contributed by atoms with van der Waals surface area (Å²) < 4.78 is 20.9. The van der Waals surface area contributed by atoms with Crippen molar-refractivity contribution in [1.29, 1.82) is 0 Å². The number of nitrogens with zero attached hydrogens (tertiary/aromatic N) is 3. The van der Waals surface area contributed by atoms with Crippen LogP contribution in [-0.4, -0.2) is 20.5 Å². The van der Waals surface area contributed by atoms with Gasteiger partial charge in [0.15, 0.2) is 22.5 Å². The number of allylic oxidation sites excluding steroid dienone is 1. The Kier molecular flexibility index (Phi) is 5.80. The predicted octanol–water partition coefficient (Wildman–Crippen LogP) is 3.68. The van der Waals surface area contributed by atoms with Crippen LogP contribution in [0.2, 0.25) is 0 Å². The first kappa shape index (κ1) is 15.6. The molecular formula is C15H18FN3OS. The van der Waals surface area contributed by atoms with E-state index < -0.39 is 0 Å². The summed E-state index contributed by atoms with van der Waals surface area (Å²) in [4.78, 5) is 0. The highest BCUT2D eigenvalue weighted by Crippen LogP contribution is 2.20. The lowest BCUT2D eigenvalue weighted by molar-refractivity contribution is 0.275. The number of para-hydroxylation sites is 1. The number of benzene rings is 1. The number of aromatic nitrogens is 3. The second kappa shape index (κ2) is 7.83. The van der Waals surface area contributed by atoms with Gasteiger partial charge in [-0.05, 0) is 18.6 Å². The van der Waals surface area contributed by atoms with Gasteiger partial charge in [-0.3, -0.25) is 4.57 Å². The van der Waals surface area contributed by atoms with E-state index in [0.29, 0.717) is 12.4 Å². The van der Waals surface area contributed by atoms with Gasteiger partial charge >= 0.3 is 0 Å². The van der Waals surface area contributed by atoms with Crippen LogP contribution in [0, 0.1) is 5.82 Å². The molecule has 0 aliphatic heterocycles. The van der Waals surface area contributed by atoms with Gasteiger partial charge in [-0.15, -0.1) is 16.8 Å². The minimum atomic E-state index is -0.382. The first-order valence-corrected chi connectivity index (χ1v) is 7.78. The largest absolute Gasteiger partial charge is 0.483 e. The molecule has 0 atom stereocenters. The molecule has 0 fully saturated rings. The molecule has 2 rings (SSSR count). The van der Waals surface area contributed by atoms with E-state index in [2.05, 4.69) is 23.7 Å². The zero-order chi connectivity index (χ0) is 15.1. The van der Waals surface area contributed by atoms with Gasteiger partial charge in [0, 0.05) is 12.3 Å². The van der Waals surface area contributed by atoms with E-state index >= 15 is 0 Å². The van der Waals surface area contributed by atoms with Gasteiger partial charge in [0.25, 0.3) is 0 Å². The number of halogens is 1. The molecule has 1 aromatic heterocycles. The van der Waals surface area contributed by atoms with Crippen LogP contribution < -0.4 is 4.74 Å². The Labute approximate surface area is 128 Å². The number of hydrogen-bond donors (Lipinski definition) is 0. The average molecular weight is 307 g/mol. The van der Waals surface area contributed by atoms with E-state index in [-0.39, 0.29) is 18.2 Å².